The van der Waals surface area contributed by atoms with E-state index in [4.69, 9.17) is 10.00 Å². The van der Waals surface area contributed by atoms with Crippen molar-refractivity contribution >= 4 is 23.0 Å². The van der Waals surface area contributed by atoms with E-state index in [0.29, 0.717) is 37.6 Å². The lowest BCUT2D eigenvalue weighted by molar-refractivity contribution is -0.385. The van der Waals surface area contributed by atoms with Gasteiger partial charge in [-0.15, -0.1) is 0 Å². The molecule has 1 aliphatic heterocycles. The number of piperazine rings is 1. The number of halogens is 1. The number of nitro groups is 1. The highest BCUT2D eigenvalue weighted by atomic mass is 19.1. The average molecular weight is 398 g/mol. The van der Waals surface area contributed by atoms with E-state index >= 15 is 0 Å². The zero-order valence-electron chi connectivity index (χ0n) is 15.8. The summed E-state index contributed by atoms with van der Waals surface area (Å²) in [6.07, 6.45) is 0. The fourth-order valence-electron chi connectivity index (χ4n) is 3.29. The number of anilines is 2. The summed E-state index contributed by atoms with van der Waals surface area (Å²) < 4.78 is 19.2. The van der Waals surface area contributed by atoms with Crippen LogP contribution in [0.2, 0.25) is 0 Å². The lowest BCUT2D eigenvalue weighted by Gasteiger charge is -2.37. The highest BCUT2D eigenvalue weighted by Gasteiger charge is 2.25. The van der Waals surface area contributed by atoms with E-state index in [1.807, 2.05) is 15.9 Å². The first-order chi connectivity index (χ1) is 13.9. The van der Waals surface area contributed by atoms with Crippen molar-refractivity contribution in [2.24, 2.45) is 0 Å². The molecule has 0 spiro atoms. The molecule has 29 heavy (non-hydrogen) atoms. The van der Waals surface area contributed by atoms with Crippen LogP contribution in [-0.4, -0.2) is 43.7 Å². The highest BCUT2D eigenvalue weighted by molar-refractivity contribution is 5.95. The number of hydrogen-bond acceptors (Lipinski definition) is 7. The molecule has 8 nitrogen and oxygen atoms in total. The maximum absolute atomic E-state index is 14.3. The molecule has 0 unspecified atom stereocenters. The maximum atomic E-state index is 14.3. The van der Waals surface area contributed by atoms with Gasteiger partial charge in [-0.25, -0.2) is 9.18 Å². The number of carbonyl (C=O) groups is 1. The van der Waals surface area contributed by atoms with Crippen LogP contribution >= 0.6 is 0 Å². The van der Waals surface area contributed by atoms with Gasteiger partial charge in [0.1, 0.15) is 11.4 Å². The van der Waals surface area contributed by atoms with Crippen LogP contribution in [-0.2, 0) is 4.74 Å². The molecule has 0 saturated carbocycles. The Balaban J connectivity index is 1.77. The third kappa shape index (κ3) is 4.27. The molecule has 0 atom stereocenters. The number of benzene rings is 2. The lowest BCUT2D eigenvalue weighted by Crippen LogP contribution is -2.46. The van der Waals surface area contributed by atoms with Gasteiger partial charge in [-0.05, 0) is 37.3 Å². The van der Waals surface area contributed by atoms with Gasteiger partial charge in [-0.2, -0.15) is 5.26 Å². The second-order valence-corrected chi connectivity index (χ2v) is 6.43. The fraction of sp³-hybridized carbons (Fsp3) is 0.300. The van der Waals surface area contributed by atoms with E-state index in [9.17, 15) is 19.3 Å². The molecule has 0 amide bonds. The second kappa shape index (κ2) is 8.56. The minimum atomic E-state index is -0.737. The van der Waals surface area contributed by atoms with Gasteiger partial charge in [0.25, 0.3) is 5.69 Å². The second-order valence-electron chi connectivity index (χ2n) is 6.43. The van der Waals surface area contributed by atoms with Crippen LogP contribution in [0.4, 0.5) is 21.5 Å². The summed E-state index contributed by atoms with van der Waals surface area (Å²) in [5, 5.41) is 20.1. The summed E-state index contributed by atoms with van der Waals surface area (Å²) in [5.41, 5.74) is 0.973. The Labute approximate surface area is 166 Å². The first-order valence-electron chi connectivity index (χ1n) is 9.09. The van der Waals surface area contributed by atoms with E-state index in [1.165, 1.54) is 18.2 Å². The number of nitrogens with zero attached hydrogens (tertiary/aromatic N) is 4. The molecule has 0 radical (unpaired) electrons. The topological polar surface area (TPSA) is 99.7 Å². The van der Waals surface area contributed by atoms with Gasteiger partial charge >= 0.3 is 5.97 Å². The monoisotopic (exact) mass is 398 g/mol. The van der Waals surface area contributed by atoms with Crippen molar-refractivity contribution in [3.63, 3.8) is 0 Å². The van der Waals surface area contributed by atoms with Crippen molar-refractivity contribution in [2.45, 2.75) is 6.92 Å². The Hall–Kier alpha value is -3.67. The van der Waals surface area contributed by atoms with E-state index in [2.05, 4.69) is 0 Å². The first kappa shape index (κ1) is 20.1. The highest BCUT2D eigenvalue weighted by Crippen LogP contribution is 2.28. The minimum Gasteiger partial charge on any atom is -0.462 e. The molecule has 0 aliphatic carbocycles. The largest absolute Gasteiger partial charge is 0.462 e. The molecule has 0 bridgehead atoms. The van der Waals surface area contributed by atoms with E-state index in [-0.39, 0.29) is 23.4 Å². The SMILES string of the molecule is CCOC(=O)c1cc(N2CCN(c3ccc(C#N)cc3F)CC2)ccc1[N+](=O)[O-]. The number of nitro benzene ring substituents is 1. The predicted molar refractivity (Wildman–Crippen MR) is 105 cm³/mol. The number of rotatable bonds is 5. The molecular formula is C20H19FN4O4. The van der Waals surface area contributed by atoms with Gasteiger partial charge in [0, 0.05) is 37.9 Å². The van der Waals surface area contributed by atoms with Crippen LogP contribution in [0.15, 0.2) is 36.4 Å². The van der Waals surface area contributed by atoms with E-state index < -0.39 is 16.7 Å². The van der Waals surface area contributed by atoms with Crippen molar-refractivity contribution in [2.75, 3.05) is 42.6 Å². The zero-order valence-corrected chi connectivity index (χ0v) is 15.8. The van der Waals surface area contributed by atoms with Crippen LogP contribution in [0.5, 0.6) is 0 Å². The molecule has 2 aromatic rings. The summed E-state index contributed by atoms with van der Waals surface area (Å²) >= 11 is 0. The Kier molecular flexibility index (Phi) is 5.93. The molecule has 0 N–H and O–H groups in total. The van der Waals surface area contributed by atoms with Gasteiger partial charge < -0.3 is 14.5 Å². The van der Waals surface area contributed by atoms with Crippen molar-refractivity contribution in [3.05, 3.63) is 63.5 Å². The molecule has 1 aliphatic rings. The molecule has 150 valence electrons. The van der Waals surface area contributed by atoms with Crippen molar-refractivity contribution in [1.29, 1.82) is 5.26 Å². The zero-order chi connectivity index (χ0) is 21.0. The van der Waals surface area contributed by atoms with E-state index in [0.717, 1.165) is 0 Å². The van der Waals surface area contributed by atoms with Gasteiger partial charge in [-0.3, -0.25) is 10.1 Å². The molecule has 9 heteroatoms. The number of nitriles is 1. The maximum Gasteiger partial charge on any atom is 0.345 e. The summed E-state index contributed by atoms with van der Waals surface area (Å²) in [4.78, 5) is 26.6. The minimum absolute atomic E-state index is 0.0880. The van der Waals surface area contributed by atoms with Crippen molar-refractivity contribution in [1.82, 2.24) is 0 Å². The molecule has 1 saturated heterocycles. The third-order valence-corrected chi connectivity index (χ3v) is 4.73. The number of esters is 1. The number of carbonyl (C=O) groups excluding carboxylic acids is 1. The van der Waals surface area contributed by atoms with Crippen molar-refractivity contribution in [3.8, 4) is 6.07 Å². The third-order valence-electron chi connectivity index (χ3n) is 4.73. The summed E-state index contributed by atoms with van der Waals surface area (Å²) in [6, 6.07) is 10.7. The Morgan fingerprint density at radius 3 is 2.48 bits per heavy atom. The molecular weight excluding hydrogens is 379 g/mol. The smallest absolute Gasteiger partial charge is 0.345 e. The Bertz CT molecular complexity index is 981. The van der Waals surface area contributed by atoms with Crippen LogP contribution in [0, 0.1) is 27.3 Å². The number of ether oxygens (including phenoxy) is 1. The fourth-order valence-corrected chi connectivity index (χ4v) is 3.29. The predicted octanol–water partition coefficient (Wildman–Crippen LogP) is 3.11. The summed E-state index contributed by atoms with van der Waals surface area (Å²) in [7, 11) is 0. The summed E-state index contributed by atoms with van der Waals surface area (Å²) in [6.45, 7) is 3.88. The summed E-state index contributed by atoms with van der Waals surface area (Å²) in [5.74, 6) is -1.18. The average Bonchev–Trinajstić information content (AvgIpc) is 2.73. The van der Waals surface area contributed by atoms with Crippen molar-refractivity contribution < 1.29 is 18.8 Å². The molecule has 1 heterocycles. The normalized spacial score (nSPS) is 13.7. The van der Waals surface area contributed by atoms with Gasteiger partial charge in [0.15, 0.2) is 0 Å². The Morgan fingerprint density at radius 2 is 1.90 bits per heavy atom. The molecule has 3 rings (SSSR count). The van der Waals surface area contributed by atoms with E-state index in [1.54, 1.807) is 25.1 Å². The molecule has 2 aromatic carbocycles. The number of hydrogen-bond donors (Lipinski definition) is 0. The van der Waals surface area contributed by atoms with Crippen LogP contribution in [0.25, 0.3) is 0 Å². The van der Waals surface area contributed by atoms with Gasteiger partial charge in [-0.1, -0.05) is 0 Å². The Morgan fingerprint density at radius 1 is 1.21 bits per heavy atom. The van der Waals surface area contributed by atoms with Gasteiger partial charge in [0.2, 0.25) is 0 Å². The quantitative estimate of drug-likeness (QED) is 0.433. The van der Waals surface area contributed by atoms with Crippen LogP contribution < -0.4 is 9.80 Å². The van der Waals surface area contributed by atoms with Crippen LogP contribution in [0.1, 0.15) is 22.8 Å². The first-order valence-corrected chi connectivity index (χ1v) is 9.09. The molecule has 1 fully saturated rings. The van der Waals surface area contributed by atoms with Crippen LogP contribution in [0.3, 0.4) is 0 Å². The van der Waals surface area contributed by atoms with Gasteiger partial charge in [0.05, 0.1) is 28.9 Å². The standard InChI is InChI=1S/C20H19FN4O4/c1-2-29-20(26)16-12-15(4-6-18(16)25(27)28)23-7-9-24(10-8-23)19-5-3-14(13-22)11-17(19)21/h3-6,11-12H,2,7-10H2,1H3. The molecule has 0 aromatic heterocycles. The lowest BCUT2D eigenvalue weighted by atomic mass is 10.1.